The Labute approximate surface area is 136 Å². The second kappa shape index (κ2) is 8.90. The molecule has 3 rings (SSSR count). The third kappa shape index (κ3) is 5.38. The first-order valence-electron chi connectivity index (χ1n) is 6.36. The summed E-state index contributed by atoms with van der Waals surface area (Å²) in [5.41, 5.74) is 1.26. The van der Waals surface area contributed by atoms with E-state index in [0.29, 0.717) is 0 Å². The molecule has 6 heteroatoms. The average molecular weight is 356 g/mol. The van der Waals surface area contributed by atoms with Crippen LogP contribution in [0, 0.1) is 6.92 Å². The lowest BCUT2D eigenvalue weighted by Crippen LogP contribution is -1.96. The Balaban J connectivity index is 0.000000161. The summed E-state index contributed by atoms with van der Waals surface area (Å²) in [6.45, 7) is 3.11. The lowest BCUT2D eigenvalue weighted by molar-refractivity contribution is 0.414. The van der Waals surface area contributed by atoms with Gasteiger partial charge in [0.25, 0.3) is 0 Å². The minimum absolute atomic E-state index is 0.0798. The first kappa shape index (κ1) is 17.0. The topological polar surface area (TPSA) is 18.5 Å². The summed E-state index contributed by atoms with van der Waals surface area (Å²) in [4.78, 5) is 0. The average Bonchev–Trinajstić information content (AvgIpc) is 2.48. The predicted octanol–water partition coefficient (Wildman–Crippen LogP) is 5.62. The molecular weight excluding hydrogens is 338 g/mol. The summed E-state index contributed by atoms with van der Waals surface area (Å²) < 4.78 is 10.1. The summed E-state index contributed by atoms with van der Waals surface area (Å²) in [6.07, 6.45) is 0.0798. The highest BCUT2D eigenvalue weighted by Gasteiger charge is 2.21. The van der Waals surface area contributed by atoms with E-state index in [9.17, 15) is 0 Å². The van der Waals surface area contributed by atoms with Gasteiger partial charge >= 0.3 is 0 Å². The lowest BCUT2D eigenvalue weighted by Gasteiger charge is -2.23. The molecular formula is C15H18O2P2S2. The Kier molecular flexibility index (Phi) is 7.19. The maximum atomic E-state index is 5.10. The van der Waals surface area contributed by atoms with Crippen molar-refractivity contribution in [2.24, 2.45) is 0 Å². The first-order valence-corrected chi connectivity index (χ1v) is 13.0. The molecule has 0 amide bonds. The lowest BCUT2D eigenvalue weighted by atomic mass is 10.2. The highest BCUT2D eigenvalue weighted by Crippen LogP contribution is 2.86. The third-order valence-electron chi connectivity index (χ3n) is 2.78. The maximum absolute atomic E-state index is 5.10. The zero-order chi connectivity index (χ0) is 15.1. The summed E-state index contributed by atoms with van der Waals surface area (Å²) in [5.74, 6) is 1.87. The molecule has 2 aromatic carbocycles. The predicted molar refractivity (Wildman–Crippen MR) is 101 cm³/mol. The van der Waals surface area contributed by atoms with Crippen LogP contribution in [0.4, 0.5) is 0 Å². The summed E-state index contributed by atoms with van der Waals surface area (Å²) >= 11 is 4.17. The van der Waals surface area contributed by atoms with Gasteiger partial charge in [0.2, 0.25) is 0 Å². The van der Waals surface area contributed by atoms with Gasteiger partial charge in [-0.25, -0.2) is 0 Å². The molecule has 1 saturated heterocycles. The van der Waals surface area contributed by atoms with Crippen molar-refractivity contribution in [3.05, 3.63) is 54.1 Å². The largest absolute Gasteiger partial charge is 0.497 e. The van der Waals surface area contributed by atoms with Crippen LogP contribution < -0.4 is 14.8 Å². The monoisotopic (exact) mass is 356 g/mol. The second-order valence-corrected chi connectivity index (χ2v) is 15.1. The van der Waals surface area contributed by atoms with E-state index < -0.39 is 0 Å². The van der Waals surface area contributed by atoms with Crippen molar-refractivity contribution in [2.45, 2.75) is 6.92 Å². The number of aryl methyl sites for hydroxylation is 1. The third-order valence-corrected chi connectivity index (χ3v) is 19.1. The molecule has 21 heavy (non-hydrogen) atoms. The van der Waals surface area contributed by atoms with Crippen molar-refractivity contribution in [1.29, 1.82) is 0 Å². The normalized spacial score (nSPS) is 17.4. The van der Waals surface area contributed by atoms with Gasteiger partial charge in [-0.15, -0.1) is 0 Å². The van der Waals surface area contributed by atoms with Crippen LogP contribution in [0.1, 0.15) is 5.56 Å². The molecule has 112 valence electrons. The van der Waals surface area contributed by atoms with Crippen LogP contribution in [-0.2, 0) is 0 Å². The van der Waals surface area contributed by atoms with Crippen LogP contribution >= 0.6 is 35.3 Å². The van der Waals surface area contributed by atoms with Crippen molar-refractivity contribution in [1.82, 2.24) is 0 Å². The number of hydrogen-bond acceptors (Lipinski definition) is 4. The van der Waals surface area contributed by atoms with Gasteiger partial charge in [0.1, 0.15) is 11.5 Å². The number of benzene rings is 2. The molecule has 1 fully saturated rings. The smallest absolute Gasteiger partial charge is 0.118 e. The first-order chi connectivity index (χ1) is 10.2. The fourth-order valence-corrected chi connectivity index (χ4v) is 11.4. The fraction of sp³-hybridized carbons (Fsp3) is 0.200. The van der Waals surface area contributed by atoms with Gasteiger partial charge in [0.15, 0.2) is 0 Å². The Bertz CT molecular complexity index is 543. The van der Waals surface area contributed by atoms with Gasteiger partial charge in [-0.2, -0.15) is 0 Å². The Morgan fingerprint density at radius 2 is 1.29 bits per heavy atom. The number of ether oxygens (including phenoxy) is 2. The van der Waals surface area contributed by atoms with Gasteiger partial charge < -0.3 is 9.47 Å². The molecule has 0 N–H and O–H groups in total. The molecule has 0 aliphatic carbocycles. The van der Waals surface area contributed by atoms with E-state index in [2.05, 4.69) is 41.1 Å². The van der Waals surface area contributed by atoms with Crippen molar-refractivity contribution < 1.29 is 9.47 Å². The molecule has 0 bridgehead atoms. The zero-order valence-corrected chi connectivity index (χ0v) is 15.7. The number of methoxy groups -OCH3 is 2. The quantitative estimate of drug-likeness (QED) is 0.664. The molecule has 0 atom stereocenters. The van der Waals surface area contributed by atoms with E-state index in [0.717, 1.165) is 18.5 Å². The zero-order valence-electron chi connectivity index (χ0n) is 12.2. The summed E-state index contributed by atoms with van der Waals surface area (Å²) in [5, 5.41) is 1.47. The van der Waals surface area contributed by atoms with Crippen LogP contribution in [-0.4, -0.2) is 14.2 Å². The van der Waals surface area contributed by atoms with E-state index in [1.165, 1.54) is 10.9 Å². The maximum Gasteiger partial charge on any atom is 0.118 e. The molecule has 0 radical (unpaired) electrons. The Morgan fingerprint density at radius 1 is 0.810 bits per heavy atom. The van der Waals surface area contributed by atoms with E-state index in [4.69, 9.17) is 9.47 Å². The van der Waals surface area contributed by atoms with E-state index in [1.807, 2.05) is 36.4 Å². The number of hydrogen-bond donors (Lipinski definition) is 0. The molecule has 0 unspecified atom stereocenters. The molecule has 1 aliphatic rings. The van der Waals surface area contributed by atoms with Crippen molar-refractivity contribution in [3.8, 4) is 11.5 Å². The highest BCUT2D eigenvalue weighted by atomic mass is 33.6. The van der Waals surface area contributed by atoms with Crippen LogP contribution in [0.5, 0.6) is 11.5 Å². The van der Waals surface area contributed by atoms with Crippen molar-refractivity contribution >= 4 is 40.6 Å². The van der Waals surface area contributed by atoms with Gasteiger partial charge in [-0.1, -0.05) is 39.7 Å². The molecule has 2 aromatic rings. The second-order valence-electron chi connectivity index (χ2n) is 4.24. The van der Waals surface area contributed by atoms with Crippen molar-refractivity contribution in [3.63, 3.8) is 0 Å². The number of rotatable bonds is 3. The van der Waals surface area contributed by atoms with Crippen LogP contribution in [0.3, 0.4) is 0 Å². The van der Waals surface area contributed by atoms with E-state index in [1.54, 1.807) is 14.2 Å². The van der Waals surface area contributed by atoms with Gasteiger partial charge in [0.05, 0.1) is 20.5 Å². The minimum Gasteiger partial charge on any atom is -0.497 e. The fourth-order valence-electron chi connectivity index (χ4n) is 1.56. The Morgan fingerprint density at radius 3 is 1.67 bits per heavy atom. The van der Waals surface area contributed by atoms with Gasteiger partial charge in [0, 0.05) is 6.98 Å². The van der Waals surface area contributed by atoms with E-state index >= 15 is 0 Å². The molecule has 0 saturated carbocycles. The van der Waals surface area contributed by atoms with Crippen LogP contribution in [0.2, 0.25) is 0 Å². The van der Waals surface area contributed by atoms with Gasteiger partial charge in [-0.05, 0) is 48.6 Å². The van der Waals surface area contributed by atoms with Crippen molar-refractivity contribution in [2.75, 3.05) is 14.2 Å². The summed E-state index contributed by atoms with van der Waals surface area (Å²) in [7, 11) is 3.37. The van der Waals surface area contributed by atoms with Gasteiger partial charge in [-0.3, -0.25) is 0 Å². The Hall–Kier alpha value is -0.400. The molecule has 1 aliphatic heterocycles. The SMILES string of the molecule is COc1ccc(C)cc1.COc1ccc(P2SPS2)cc1. The molecule has 2 nitrogen and oxygen atoms in total. The van der Waals surface area contributed by atoms with E-state index in [-0.39, 0.29) is 6.33 Å². The van der Waals surface area contributed by atoms with Crippen LogP contribution in [0.15, 0.2) is 48.5 Å². The highest BCUT2D eigenvalue weighted by molar-refractivity contribution is 9.33. The standard InChI is InChI=1S/C8H10O.C7H8OP2S2/c1-7-3-5-8(9-2)6-4-7;1-8-6-2-4-7(5-3-6)10-11-9-12-10/h3-6H,1-2H3;2-5,9H,1H3. The summed E-state index contributed by atoms with van der Waals surface area (Å²) in [6, 6.07) is 16.4. The molecule has 0 aromatic heterocycles. The molecule has 1 heterocycles. The molecule has 0 spiro atoms. The minimum atomic E-state index is 0.0798. The van der Waals surface area contributed by atoms with Crippen LogP contribution in [0.25, 0.3) is 0 Å².